The van der Waals surface area contributed by atoms with Crippen LogP contribution in [0.2, 0.25) is 0 Å². The number of rotatable bonds is 3. The Kier molecular flexibility index (Phi) is 4.36. The van der Waals surface area contributed by atoms with Crippen molar-refractivity contribution in [2.75, 3.05) is 0 Å². The number of nitrogens with one attached hydrogen (secondary N) is 1. The Balaban J connectivity index is 1.63. The summed E-state index contributed by atoms with van der Waals surface area (Å²) in [6, 6.07) is 6.42. The first-order valence-corrected chi connectivity index (χ1v) is 9.78. The highest BCUT2D eigenvalue weighted by molar-refractivity contribution is 7.11. The van der Waals surface area contributed by atoms with E-state index in [-0.39, 0.29) is 11.9 Å². The summed E-state index contributed by atoms with van der Waals surface area (Å²) >= 11 is 1.39. The summed E-state index contributed by atoms with van der Waals surface area (Å²) in [7, 11) is 0. The lowest BCUT2D eigenvalue weighted by molar-refractivity contribution is 0.0936. The molecule has 134 valence electrons. The standard InChI is InChI=1S/C20H22N4OS/c1-12-7-8-15(9-13(12)2)24-18-6-4-5-17(16(18)10-22-24)23-20(25)19-14(3)21-11-26-19/h7-11,17H,4-6H2,1-3H3,(H,23,25)/t17-/m1/s1. The number of carbonyl (C=O) groups is 1. The zero-order chi connectivity index (χ0) is 18.3. The van der Waals surface area contributed by atoms with E-state index < -0.39 is 0 Å². The predicted molar refractivity (Wildman–Crippen MR) is 103 cm³/mol. The van der Waals surface area contributed by atoms with Gasteiger partial charge < -0.3 is 5.32 Å². The van der Waals surface area contributed by atoms with Crippen molar-refractivity contribution in [2.45, 2.75) is 46.1 Å². The minimum Gasteiger partial charge on any atom is -0.344 e. The Morgan fingerprint density at radius 1 is 1.27 bits per heavy atom. The number of nitrogens with zero attached hydrogens (tertiary/aromatic N) is 3. The van der Waals surface area contributed by atoms with E-state index in [1.807, 2.05) is 17.8 Å². The molecule has 6 heteroatoms. The molecule has 5 nitrogen and oxygen atoms in total. The highest BCUT2D eigenvalue weighted by Crippen LogP contribution is 2.32. The fourth-order valence-electron chi connectivity index (χ4n) is 3.53. The Hall–Kier alpha value is -2.47. The van der Waals surface area contributed by atoms with Gasteiger partial charge in [-0.15, -0.1) is 11.3 Å². The maximum atomic E-state index is 12.6. The van der Waals surface area contributed by atoms with Crippen LogP contribution in [0.1, 0.15) is 56.6 Å². The van der Waals surface area contributed by atoms with E-state index in [1.165, 1.54) is 28.2 Å². The minimum absolute atomic E-state index is 0.00745. The van der Waals surface area contributed by atoms with Crippen LogP contribution in [-0.2, 0) is 6.42 Å². The third-order valence-corrected chi connectivity index (χ3v) is 6.10. The van der Waals surface area contributed by atoms with Crippen LogP contribution in [-0.4, -0.2) is 20.7 Å². The van der Waals surface area contributed by atoms with E-state index in [0.29, 0.717) is 4.88 Å². The zero-order valence-electron chi connectivity index (χ0n) is 15.2. The molecule has 0 radical (unpaired) electrons. The number of amides is 1. The topological polar surface area (TPSA) is 59.8 Å². The molecule has 1 aliphatic rings. The highest BCUT2D eigenvalue weighted by Gasteiger charge is 2.27. The van der Waals surface area contributed by atoms with Crippen molar-refractivity contribution in [2.24, 2.45) is 0 Å². The van der Waals surface area contributed by atoms with Crippen LogP contribution in [0.25, 0.3) is 5.69 Å². The number of aromatic nitrogens is 3. The molecule has 4 rings (SSSR count). The maximum Gasteiger partial charge on any atom is 0.263 e. The van der Waals surface area contributed by atoms with Gasteiger partial charge in [-0.05, 0) is 63.3 Å². The van der Waals surface area contributed by atoms with Gasteiger partial charge in [-0.1, -0.05) is 6.07 Å². The van der Waals surface area contributed by atoms with Gasteiger partial charge >= 0.3 is 0 Å². The molecule has 1 amide bonds. The summed E-state index contributed by atoms with van der Waals surface area (Å²) in [4.78, 5) is 17.5. The molecule has 26 heavy (non-hydrogen) atoms. The third kappa shape index (κ3) is 2.94. The Morgan fingerprint density at radius 3 is 2.85 bits per heavy atom. The van der Waals surface area contributed by atoms with Gasteiger partial charge in [0.25, 0.3) is 5.91 Å². The fourth-order valence-corrected chi connectivity index (χ4v) is 4.24. The molecule has 1 aliphatic carbocycles. The van der Waals surface area contributed by atoms with Crippen LogP contribution in [0.3, 0.4) is 0 Å². The summed E-state index contributed by atoms with van der Waals surface area (Å²) in [5.74, 6) is -0.0400. The van der Waals surface area contributed by atoms with Crippen LogP contribution in [0, 0.1) is 20.8 Å². The van der Waals surface area contributed by atoms with Crippen molar-refractivity contribution in [1.82, 2.24) is 20.1 Å². The van der Waals surface area contributed by atoms with E-state index >= 15 is 0 Å². The van der Waals surface area contributed by atoms with E-state index in [0.717, 1.165) is 36.2 Å². The van der Waals surface area contributed by atoms with Crippen molar-refractivity contribution in [3.05, 3.63) is 62.9 Å². The third-order valence-electron chi connectivity index (χ3n) is 5.18. The largest absolute Gasteiger partial charge is 0.344 e. The molecular formula is C20H22N4OS. The van der Waals surface area contributed by atoms with Crippen molar-refractivity contribution in [1.29, 1.82) is 0 Å². The monoisotopic (exact) mass is 366 g/mol. The van der Waals surface area contributed by atoms with Crippen LogP contribution in [0.15, 0.2) is 29.9 Å². The number of aryl methyl sites for hydroxylation is 3. The molecule has 0 spiro atoms. The number of hydrogen-bond donors (Lipinski definition) is 1. The first-order valence-electron chi connectivity index (χ1n) is 8.90. The Morgan fingerprint density at radius 2 is 2.12 bits per heavy atom. The maximum absolute atomic E-state index is 12.6. The van der Waals surface area contributed by atoms with Crippen molar-refractivity contribution in [3.63, 3.8) is 0 Å². The summed E-state index contributed by atoms with van der Waals surface area (Å²) in [6.45, 7) is 6.11. The number of thiazole rings is 1. The van der Waals surface area contributed by atoms with Gasteiger partial charge in [0.2, 0.25) is 0 Å². The number of hydrogen-bond acceptors (Lipinski definition) is 4. The molecule has 2 heterocycles. The zero-order valence-corrected chi connectivity index (χ0v) is 16.1. The Labute approximate surface area is 157 Å². The highest BCUT2D eigenvalue weighted by atomic mass is 32.1. The quantitative estimate of drug-likeness (QED) is 0.760. The van der Waals surface area contributed by atoms with Crippen LogP contribution in [0.4, 0.5) is 0 Å². The second kappa shape index (κ2) is 6.68. The Bertz CT molecular complexity index is 972. The van der Waals surface area contributed by atoms with E-state index in [9.17, 15) is 4.79 Å². The van der Waals surface area contributed by atoms with Crippen LogP contribution in [0.5, 0.6) is 0 Å². The van der Waals surface area contributed by atoms with E-state index in [4.69, 9.17) is 0 Å². The van der Waals surface area contributed by atoms with Gasteiger partial charge in [0.15, 0.2) is 0 Å². The molecule has 0 bridgehead atoms. The molecule has 1 atom stereocenters. The summed E-state index contributed by atoms with van der Waals surface area (Å²) in [5, 5.41) is 7.81. The number of fused-ring (bicyclic) bond motifs is 1. The van der Waals surface area contributed by atoms with Crippen LogP contribution >= 0.6 is 11.3 Å². The second-order valence-electron chi connectivity index (χ2n) is 6.91. The SMILES string of the molecule is Cc1ccc(-n2ncc3c2CCC[C@H]3NC(=O)c2scnc2C)cc1C. The summed E-state index contributed by atoms with van der Waals surface area (Å²) in [6.07, 6.45) is 4.87. The van der Waals surface area contributed by atoms with E-state index in [1.54, 1.807) is 5.51 Å². The lowest BCUT2D eigenvalue weighted by Crippen LogP contribution is -2.30. The molecule has 2 aromatic heterocycles. The summed E-state index contributed by atoms with van der Waals surface area (Å²) < 4.78 is 2.03. The molecule has 0 saturated carbocycles. The smallest absolute Gasteiger partial charge is 0.263 e. The van der Waals surface area contributed by atoms with Gasteiger partial charge in [-0.3, -0.25) is 4.79 Å². The lowest BCUT2D eigenvalue weighted by Gasteiger charge is -2.24. The molecule has 0 saturated heterocycles. The van der Waals surface area contributed by atoms with Crippen LogP contribution < -0.4 is 5.32 Å². The number of carbonyl (C=O) groups excluding carboxylic acids is 1. The summed E-state index contributed by atoms with van der Waals surface area (Å²) in [5.41, 5.74) is 8.45. The normalized spacial score (nSPS) is 16.3. The lowest BCUT2D eigenvalue weighted by atomic mass is 9.92. The molecule has 0 unspecified atom stereocenters. The molecule has 0 aliphatic heterocycles. The van der Waals surface area contributed by atoms with Crippen molar-refractivity contribution >= 4 is 17.2 Å². The van der Waals surface area contributed by atoms with Gasteiger partial charge in [0.1, 0.15) is 4.88 Å². The first kappa shape index (κ1) is 17.0. The van der Waals surface area contributed by atoms with Gasteiger partial charge in [0, 0.05) is 11.3 Å². The molecule has 1 N–H and O–H groups in total. The van der Waals surface area contributed by atoms with Gasteiger partial charge in [-0.2, -0.15) is 5.10 Å². The van der Waals surface area contributed by atoms with Crippen molar-refractivity contribution < 1.29 is 4.79 Å². The molecule has 0 fully saturated rings. The molecular weight excluding hydrogens is 344 g/mol. The predicted octanol–water partition coefficient (Wildman–Crippen LogP) is 4.06. The molecule has 3 aromatic rings. The van der Waals surface area contributed by atoms with Gasteiger partial charge in [0.05, 0.1) is 29.1 Å². The van der Waals surface area contributed by atoms with Crippen molar-refractivity contribution in [3.8, 4) is 5.69 Å². The average molecular weight is 366 g/mol. The first-order chi connectivity index (χ1) is 12.5. The van der Waals surface area contributed by atoms with Gasteiger partial charge in [-0.25, -0.2) is 9.67 Å². The average Bonchev–Trinajstić information content (AvgIpc) is 3.24. The number of benzene rings is 1. The second-order valence-corrected chi connectivity index (χ2v) is 7.77. The molecule has 1 aromatic carbocycles. The minimum atomic E-state index is -0.0400. The van der Waals surface area contributed by atoms with E-state index in [2.05, 4.69) is 47.4 Å². The fraction of sp³-hybridized carbons (Fsp3) is 0.350.